The van der Waals surface area contributed by atoms with Crippen LogP contribution >= 0.6 is 0 Å². The number of rotatable bonds is 6. The van der Waals surface area contributed by atoms with E-state index in [1.165, 1.54) is 0 Å². The number of amides is 1. The summed E-state index contributed by atoms with van der Waals surface area (Å²) in [6.45, 7) is 8.55. The maximum absolute atomic E-state index is 11.7. The summed E-state index contributed by atoms with van der Waals surface area (Å²) < 4.78 is 0. The molecule has 1 aromatic rings. The van der Waals surface area contributed by atoms with Gasteiger partial charge >= 0.3 is 0 Å². The molecular formula is C16H26N2O2. The third-order valence-corrected chi connectivity index (χ3v) is 2.98. The zero-order valence-corrected chi connectivity index (χ0v) is 12.9. The Morgan fingerprint density at radius 3 is 2.50 bits per heavy atom. The highest BCUT2D eigenvalue weighted by Crippen LogP contribution is 2.25. The molecule has 20 heavy (non-hydrogen) atoms. The van der Waals surface area contributed by atoms with E-state index in [1.54, 1.807) is 6.07 Å². The van der Waals surface area contributed by atoms with Crippen molar-refractivity contribution in [3.63, 3.8) is 0 Å². The molecule has 0 bridgehead atoms. The molecule has 0 saturated heterocycles. The third-order valence-electron chi connectivity index (χ3n) is 2.98. The minimum Gasteiger partial charge on any atom is -0.508 e. The number of para-hydroxylation sites is 1. The van der Waals surface area contributed by atoms with E-state index in [0.717, 1.165) is 12.0 Å². The molecule has 0 saturated carbocycles. The summed E-state index contributed by atoms with van der Waals surface area (Å²) in [5, 5.41) is 16.1. The van der Waals surface area contributed by atoms with Crippen LogP contribution in [0.1, 0.15) is 52.1 Å². The Morgan fingerprint density at radius 2 is 1.95 bits per heavy atom. The van der Waals surface area contributed by atoms with E-state index in [9.17, 15) is 9.90 Å². The Kier molecular flexibility index (Phi) is 6.02. The van der Waals surface area contributed by atoms with Crippen molar-refractivity contribution in [3.05, 3.63) is 29.8 Å². The van der Waals surface area contributed by atoms with Crippen molar-refractivity contribution >= 4 is 5.91 Å². The van der Waals surface area contributed by atoms with Crippen LogP contribution in [0.3, 0.4) is 0 Å². The summed E-state index contributed by atoms with van der Waals surface area (Å²) in [5.74, 6) is 0.336. The largest absolute Gasteiger partial charge is 0.508 e. The Labute approximate surface area is 121 Å². The van der Waals surface area contributed by atoms with E-state index < -0.39 is 0 Å². The molecule has 1 amide bonds. The number of benzene rings is 1. The topological polar surface area (TPSA) is 61.4 Å². The van der Waals surface area contributed by atoms with Gasteiger partial charge in [-0.1, -0.05) is 25.1 Å². The first-order chi connectivity index (χ1) is 9.33. The van der Waals surface area contributed by atoms with Gasteiger partial charge in [0.25, 0.3) is 0 Å². The molecule has 1 aromatic carbocycles. The lowest BCUT2D eigenvalue weighted by molar-refractivity contribution is -0.122. The van der Waals surface area contributed by atoms with Crippen molar-refractivity contribution in [1.82, 2.24) is 10.6 Å². The van der Waals surface area contributed by atoms with Gasteiger partial charge in [-0.05, 0) is 33.3 Å². The summed E-state index contributed by atoms with van der Waals surface area (Å²) in [4.78, 5) is 11.7. The monoisotopic (exact) mass is 278 g/mol. The molecule has 0 heterocycles. The number of carbonyl (C=O) groups is 1. The molecule has 1 unspecified atom stereocenters. The predicted molar refractivity (Wildman–Crippen MR) is 81.7 cm³/mol. The Hall–Kier alpha value is -1.55. The molecule has 1 atom stereocenters. The predicted octanol–water partition coefficient (Wildman–Crippen LogP) is 2.74. The number of carbonyl (C=O) groups excluding carboxylic acids is 1. The molecule has 0 spiro atoms. The highest BCUT2D eigenvalue weighted by atomic mass is 16.3. The third kappa shape index (κ3) is 5.61. The molecule has 4 nitrogen and oxygen atoms in total. The van der Waals surface area contributed by atoms with Gasteiger partial charge in [-0.15, -0.1) is 0 Å². The van der Waals surface area contributed by atoms with Crippen molar-refractivity contribution in [2.75, 3.05) is 6.54 Å². The van der Waals surface area contributed by atoms with Crippen LogP contribution in [0.15, 0.2) is 24.3 Å². The molecule has 3 N–H and O–H groups in total. The van der Waals surface area contributed by atoms with Crippen molar-refractivity contribution in [2.24, 2.45) is 0 Å². The first kappa shape index (κ1) is 16.5. The zero-order valence-electron chi connectivity index (χ0n) is 12.9. The van der Waals surface area contributed by atoms with Gasteiger partial charge < -0.3 is 15.7 Å². The molecule has 0 aliphatic rings. The van der Waals surface area contributed by atoms with Crippen molar-refractivity contribution in [1.29, 1.82) is 0 Å². The summed E-state index contributed by atoms with van der Waals surface area (Å²) in [5.41, 5.74) is 0.685. The first-order valence-corrected chi connectivity index (χ1v) is 7.15. The van der Waals surface area contributed by atoms with Crippen molar-refractivity contribution in [2.45, 2.75) is 52.1 Å². The Balaban J connectivity index is 2.47. The molecule has 0 aromatic heterocycles. The van der Waals surface area contributed by atoms with E-state index in [2.05, 4.69) is 17.6 Å². The van der Waals surface area contributed by atoms with Crippen LogP contribution < -0.4 is 10.6 Å². The number of phenols is 1. The summed E-state index contributed by atoms with van der Waals surface area (Å²) in [6, 6.07) is 7.38. The maximum Gasteiger partial charge on any atom is 0.221 e. The van der Waals surface area contributed by atoms with Crippen molar-refractivity contribution < 1.29 is 9.90 Å². The van der Waals surface area contributed by atoms with Crippen LogP contribution in [0.4, 0.5) is 0 Å². The number of hydrogen-bond donors (Lipinski definition) is 3. The van der Waals surface area contributed by atoms with Gasteiger partial charge in [0, 0.05) is 30.1 Å². The molecule has 1 rings (SSSR count). The second kappa shape index (κ2) is 7.29. The molecule has 0 aliphatic heterocycles. The Bertz CT molecular complexity index is 438. The van der Waals surface area contributed by atoms with E-state index in [1.807, 2.05) is 39.0 Å². The summed E-state index contributed by atoms with van der Waals surface area (Å²) in [6.07, 6.45) is 1.29. The van der Waals surface area contributed by atoms with E-state index >= 15 is 0 Å². The SMILES string of the molecule is CCC(NCCC(=O)NC(C)(C)C)c1ccccc1O. The molecule has 0 radical (unpaired) electrons. The van der Waals surface area contributed by atoms with Gasteiger partial charge in [-0.25, -0.2) is 0 Å². The second-order valence-electron chi connectivity index (χ2n) is 6.02. The van der Waals surface area contributed by atoms with Gasteiger partial charge in [-0.3, -0.25) is 4.79 Å². The average molecular weight is 278 g/mol. The minimum atomic E-state index is -0.195. The minimum absolute atomic E-state index is 0.0390. The van der Waals surface area contributed by atoms with Gasteiger partial charge in [0.15, 0.2) is 0 Å². The van der Waals surface area contributed by atoms with Crippen LogP contribution in [0.5, 0.6) is 5.75 Å². The number of nitrogens with one attached hydrogen (secondary N) is 2. The standard InChI is InChI=1S/C16H26N2O2/c1-5-13(12-8-6-7-9-14(12)19)17-11-10-15(20)18-16(2,3)4/h6-9,13,17,19H,5,10-11H2,1-4H3,(H,18,20). The van der Waals surface area contributed by atoms with Crippen LogP contribution in [-0.4, -0.2) is 23.1 Å². The molecule has 4 heteroatoms. The normalized spacial score (nSPS) is 13.0. The van der Waals surface area contributed by atoms with E-state index in [-0.39, 0.29) is 17.5 Å². The maximum atomic E-state index is 11.7. The number of hydrogen-bond acceptors (Lipinski definition) is 3. The fourth-order valence-corrected chi connectivity index (χ4v) is 2.10. The van der Waals surface area contributed by atoms with E-state index in [4.69, 9.17) is 0 Å². The van der Waals surface area contributed by atoms with Gasteiger partial charge in [0.05, 0.1) is 0 Å². The molecule has 112 valence electrons. The highest BCUT2D eigenvalue weighted by molar-refractivity contribution is 5.76. The van der Waals surface area contributed by atoms with Crippen LogP contribution in [0.2, 0.25) is 0 Å². The average Bonchev–Trinajstić information content (AvgIpc) is 2.34. The first-order valence-electron chi connectivity index (χ1n) is 7.15. The van der Waals surface area contributed by atoms with Crippen LogP contribution in [0, 0.1) is 0 Å². The zero-order chi connectivity index (χ0) is 15.2. The molecule has 0 aliphatic carbocycles. The highest BCUT2D eigenvalue weighted by Gasteiger charge is 2.15. The number of phenolic OH excluding ortho intramolecular Hbond substituents is 1. The van der Waals surface area contributed by atoms with Crippen molar-refractivity contribution in [3.8, 4) is 5.75 Å². The van der Waals surface area contributed by atoms with Gasteiger partial charge in [0.1, 0.15) is 5.75 Å². The Morgan fingerprint density at radius 1 is 1.30 bits per heavy atom. The van der Waals surface area contributed by atoms with Crippen LogP contribution in [0.25, 0.3) is 0 Å². The lowest BCUT2D eigenvalue weighted by Gasteiger charge is -2.22. The smallest absolute Gasteiger partial charge is 0.221 e. The quantitative estimate of drug-likeness (QED) is 0.750. The fraction of sp³-hybridized carbons (Fsp3) is 0.562. The summed E-state index contributed by atoms with van der Waals surface area (Å²) in [7, 11) is 0. The molecule has 0 fully saturated rings. The lowest BCUT2D eigenvalue weighted by Crippen LogP contribution is -2.41. The lowest BCUT2D eigenvalue weighted by atomic mass is 10.0. The van der Waals surface area contributed by atoms with Gasteiger partial charge in [0.2, 0.25) is 5.91 Å². The number of aromatic hydroxyl groups is 1. The van der Waals surface area contributed by atoms with E-state index in [0.29, 0.717) is 18.7 Å². The van der Waals surface area contributed by atoms with Crippen LogP contribution in [-0.2, 0) is 4.79 Å². The second-order valence-corrected chi connectivity index (χ2v) is 6.02. The summed E-state index contributed by atoms with van der Waals surface area (Å²) >= 11 is 0. The fourth-order valence-electron chi connectivity index (χ4n) is 2.10. The molecular weight excluding hydrogens is 252 g/mol. The van der Waals surface area contributed by atoms with Gasteiger partial charge in [-0.2, -0.15) is 0 Å².